The van der Waals surface area contributed by atoms with Gasteiger partial charge in [0.25, 0.3) is 0 Å². The van der Waals surface area contributed by atoms with E-state index in [0.29, 0.717) is 11.1 Å². The monoisotopic (exact) mass is 380 g/mol. The summed E-state index contributed by atoms with van der Waals surface area (Å²) in [7, 11) is 0. The van der Waals surface area contributed by atoms with Gasteiger partial charge in [0.2, 0.25) is 5.78 Å². The predicted octanol–water partition coefficient (Wildman–Crippen LogP) is 3.72. The molecule has 0 spiro atoms. The topological polar surface area (TPSA) is 43.4 Å². The Morgan fingerprint density at radius 1 is 1.00 bits per heavy atom. The summed E-state index contributed by atoms with van der Waals surface area (Å²) in [5, 5.41) is 0. The van der Waals surface area contributed by atoms with E-state index in [1.807, 2.05) is 18.2 Å². The Hall–Kier alpha value is -1.69. The number of ketones is 1. The van der Waals surface area contributed by atoms with Crippen LogP contribution in [0.15, 0.2) is 54.6 Å². The molecule has 0 saturated heterocycles. The highest BCUT2D eigenvalue weighted by molar-refractivity contribution is 14.1. The molecule has 0 aliphatic rings. The van der Waals surface area contributed by atoms with Crippen LogP contribution >= 0.6 is 22.6 Å². The molecular weight excluding hydrogens is 367 g/mol. The molecule has 2 aromatic carbocycles. The quantitative estimate of drug-likeness (QED) is 0.461. The first-order valence-corrected chi connectivity index (χ1v) is 7.22. The maximum absolute atomic E-state index is 12.1. The fourth-order valence-electron chi connectivity index (χ4n) is 1.74. The molecule has 0 heterocycles. The number of Topliss-reactive ketones (excluding diaryl/α,β-unsaturated/α-hetero) is 1. The molecule has 0 radical (unpaired) electrons. The van der Waals surface area contributed by atoms with Gasteiger partial charge in [-0.2, -0.15) is 0 Å². The smallest absolute Gasteiger partial charge is 0.339 e. The molecular formula is C16H13IO3. The SMILES string of the molecule is C[C@@H](OC(=O)c1ccccc1I)C(=O)c1ccccc1. The molecule has 0 bridgehead atoms. The van der Waals surface area contributed by atoms with Crippen molar-refractivity contribution in [3.8, 4) is 0 Å². The van der Waals surface area contributed by atoms with Gasteiger partial charge in [-0.1, -0.05) is 42.5 Å². The maximum Gasteiger partial charge on any atom is 0.339 e. The van der Waals surface area contributed by atoms with Crippen LogP contribution in [0.2, 0.25) is 0 Å². The standard InChI is InChI=1S/C16H13IO3/c1-11(15(18)12-7-3-2-4-8-12)20-16(19)13-9-5-6-10-14(13)17/h2-11H,1H3/t11-/m1/s1. The lowest BCUT2D eigenvalue weighted by atomic mass is 10.1. The Balaban J connectivity index is 2.09. The molecule has 0 saturated carbocycles. The Labute approximate surface area is 131 Å². The number of esters is 1. The molecule has 0 amide bonds. The van der Waals surface area contributed by atoms with E-state index in [9.17, 15) is 9.59 Å². The first-order chi connectivity index (χ1) is 9.59. The van der Waals surface area contributed by atoms with Crippen molar-refractivity contribution in [1.29, 1.82) is 0 Å². The van der Waals surface area contributed by atoms with E-state index in [0.717, 1.165) is 3.57 Å². The zero-order chi connectivity index (χ0) is 14.5. The van der Waals surface area contributed by atoms with Gasteiger partial charge in [0.1, 0.15) is 0 Å². The van der Waals surface area contributed by atoms with Crippen molar-refractivity contribution in [2.24, 2.45) is 0 Å². The van der Waals surface area contributed by atoms with Crippen molar-refractivity contribution < 1.29 is 14.3 Å². The summed E-state index contributed by atoms with van der Waals surface area (Å²) < 4.78 is 6.04. The molecule has 2 aromatic rings. The highest BCUT2D eigenvalue weighted by atomic mass is 127. The predicted molar refractivity (Wildman–Crippen MR) is 84.8 cm³/mol. The molecule has 1 atom stereocenters. The van der Waals surface area contributed by atoms with E-state index in [1.54, 1.807) is 43.3 Å². The molecule has 0 aromatic heterocycles. The van der Waals surface area contributed by atoms with Crippen molar-refractivity contribution in [2.75, 3.05) is 0 Å². The van der Waals surface area contributed by atoms with Gasteiger partial charge in [0, 0.05) is 9.13 Å². The number of hydrogen-bond donors (Lipinski definition) is 0. The Morgan fingerprint density at radius 3 is 2.25 bits per heavy atom. The average molecular weight is 380 g/mol. The molecule has 4 heteroatoms. The Morgan fingerprint density at radius 2 is 1.60 bits per heavy atom. The summed E-state index contributed by atoms with van der Waals surface area (Å²) in [5.41, 5.74) is 1.01. The van der Waals surface area contributed by atoms with Crippen LogP contribution in [-0.2, 0) is 4.74 Å². The summed E-state index contributed by atoms with van der Waals surface area (Å²) >= 11 is 2.07. The van der Waals surface area contributed by atoms with Gasteiger partial charge in [-0.15, -0.1) is 0 Å². The normalized spacial score (nSPS) is 11.7. The second kappa shape index (κ2) is 6.65. The molecule has 0 unspecified atom stereocenters. The molecule has 102 valence electrons. The molecule has 2 rings (SSSR count). The molecule has 20 heavy (non-hydrogen) atoms. The van der Waals surface area contributed by atoms with E-state index in [4.69, 9.17) is 4.74 Å². The van der Waals surface area contributed by atoms with Crippen LogP contribution in [0.3, 0.4) is 0 Å². The second-order valence-corrected chi connectivity index (χ2v) is 5.42. The first kappa shape index (κ1) is 14.7. The van der Waals surface area contributed by atoms with E-state index in [-0.39, 0.29) is 5.78 Å². The van der Waals surface area contributed by atoms with Gasteiger partial charge in [0.05, 0.1) is 5.56 Å². The van der Waals surface area contributed by atoms with Crippen LogP contribution < -0.4 is 0 Å². The van der Waals surface area contributed by atoms with Crippen molar-refractivity contribution in [3.63, 3.8) is 0 Å². The minimum absolute atomic E-state index is 0.204. The van der Waals surface area contributed by atoms with E-state index < -0.39 is 12.1 Å². The fourth-order valence-corrected chi connectivity index (χ4v) is 2.35. The van der Waals surface area contributed by atoms with Crippen molar-refractivity contribution >= 4 is 34.3 Å². The third-order valence-corrected chi connectivity index (χ3v) is 3.75. The highest BCUT2D eigenvalue weighted by Gasteiger charge is 2.21. The molecule has 0 fully saturated rings. The van der Waals surface area contributed by atoms with Gasteiger partial charge >= 0.3 is 5.97 Å². The second-order valence-electron chi connectivity index (χ2n) is 4.26. The third-order valence-electron chi connectivity index (χ3n) is 2.81. The summed E-state index contributed by atoms with van der Waals surface area (Å²) in [6.45, 7) is 1.59. The van der Waals surface area contributed by atoms with Crippen LogP contribution in [0.1, 0.15) is 27.6 Å². The number of halogens is 1. The zero-order valence-electron chi connectivity index (χ0n) is 10.9. The van der Waals surface area contributed by atoms with Crippen LogP contribution in [-0.4, -0.2) is 17.9 Å². The maximum atomic E-state index is 12.1. The molecule has 3 nitrogen and oxygen atoms in total. The van der Waals surface area contributed by atoms with Crippen LogP contribution in [0, 0.1) is 3.57 Å². The van der Waals surface area contributed by atoms with Gasteiger partial charge in [0.15, 0.2) is 6.10 Å². The van der Waals surface area contributed by atoms with Crippen LogP contribution in [0.25, 0.3) is 0 Å². The lowest BCUT2D eigenvalue weighted by Gasteiger charge is -2.13. The van der Waals surface area contributed by atoms with Crippen molar-refractivity contribution in [2.45, 2.75) is 13.0 Å². The van der Waals surface area contributed by atoms with E-state index in [1.165, 1.54) is 0 Å². The van der Waals surface area contributed by atoms with E-state index >= 15 is 0 Å². The fraction of sp³-hybridized carbons (Fsp3) is 0.125. The number of rotatable bonds is 4. The number of carbonyl (C=O) groups is 2. The van der Waals surface area contributed by atoms with Gasteiger partial charge in [-0.3, -0.25) is 4.79 Å². The Kier molecular flexibility index (Phi) is 4.89. The summed E-state index contributed by atoms with van der Waals surface area (Å²) in [6, 6.07) is 15.9. The lowest BCUT2D eigenvalue weighted by molar-refractivity contribution is 0.0318. The number of benzene rings is 2. The average Bonchev–Trinajstić information content (AvgIpc) is 2.47. The first-order valence-electron chi connectivity index (χ1n) is 6.14. The van der Waals surface area contributed by atoms with Gasteiger partial charge in [-0.05, 0) is 41.6 Å². The van der Waals surface area contributed by atoms with Gasteiger partial charge < -0.3 is 4.74 Å². The summed E-state index contributed by atoms with van der Waals surface area (Å²) in [4.78, 5) is 24.1. The number of hydrogen-bond acceptors (Lipinski definition) is 3. The number of ether oxygens (including phenoxy) is 1. The third kappa shape index (κ3) is 3.45. The minimum atomic E-state index is -0.805. The summed E-state index contributed by atoms with van der Waals surface area (Å²) in [6.07, 6.45) is -0.805. The highest BCUT2D eigenvalue weighted by Crippen LogP contribution is 2.15. The zero-order valence-corrected chi connectivity index (χ0v) is 13.0. The lowest BCUT2D eigenvalue weighted by Crippen LogP contribution is -2.24. The van der Waals surface area contributed by atoms with Gasteiger partial charge in [-0.25, -0.2) is 4.79 Å². The van der Waals surface area contributed by atoms with Crippen LogP contribution in [0.5, 0.6) is 0 Å². The van der Waals surface area contributed by atoms with E-state index in [2.05, 4.69) is 22.6 Å². The molecule has 0 aliphatic heterocycles. The minimum Gasteiger partial charge on any atom is -0.451 e. The largest absolute Gasteiger partial charge is 0.451 e. The molecule has 0 aliphatic carbocycles. The Bertz CT molecular complexity index is 623. The molecule has 0 N–H and O–H groups in total. The number of carbonyl (C=O) groups excluding carboxylic acids is 2. The van der Waals surface area contributed by atoms with Crippen molar-refractivity contribution in [3.05, 3.63) is 69.3 Å². The van der Waals surface area contributed by atoms with Crippen molar-refractivity contribution in [1.82, 2.24) is 0 Å². The van der Waals surface area contributed by atoms with Crippen LogP contribution in [0.4, 0.5) is 0 Å². The summed E-state index contributed by atoms with van der Waals surface area (Å²) in [5.74, 6) is -0.684.